The molecule has 0 aliphatic heterocycles. The maximum absolute atomic E-state index is 12.0. The normalized spacial score (nSPS) is 12.5. The lowest BCUT2D eigenvalue weighted by Gasteiger charge is -2.16. The largest absolute Gasteiger partial charge is 0.464 e. The second-order valence-electron chi connectivity index (χ2n) is 5.68. The van der Waals surface area contributed by atoms with E-state index in [-0.39, 0.29) is 17.9 Å². The van der Waals surface area contributed by atoms with Gasteiger partial charge in [-0.3, -0.25) is 4.79 Å². The number of nitrogens with zero attached hydrogens (tertiary/aromatic N) is 2. The van der Waals surface area contributed by atoms with Crippen LogP contribution in [0, 0.1) is 5.41 Å². The molecule has 0 fully saturated rings. The van der Waals surface area contributed by atoms with E-state index < -0.39 is 11.4 Å². The van der Waals surface area contributed by atoms with Crippen molar-refractivity contribution < 1.29 is 14.3 Å². The molecule has 0 saturated heterocycles. The van der Waals surface area contributed by atoms with E-state index in [0.29, 0.717) is 0 Å². The lowest BCUT2D eigenvalue weighted by Crippen LogP contribution is -2.27. The first-order valence-corrected chi connectivity index (χ1v) is 7.50. The number of hydrogen-bond donors (Lipinski definition) is 0. The maximum atomic E-state index is 12.0. The molecule has 0 saturated carbocycles. The first kappa shape index (κ1) is 18.2. The zero-order chi connectivity index (χ0) is 16.8. The van der Waals surface area contributed by atoms with Crippen LogP contribution in [0.5, 0.6) is 0 Å². The average molecular weight is 367 g/mol. The summed E-state index contributed by atoms with van der Waals surface area (Å²) in [6.45, 7) is 5.36. The van der Waals surface area contributed by atoms with Crippen molar-refractivity contribution in [1.29, 1.82) is 0 Å². The van der Waals surface area contributed by atoms with Gasteiger partial charge in [-0.2, -0.15) is 5.10 Å². The van der Waals surface area contributed by atoms with E-state index in [9.17, 15) is 9.59 Å². The summed E-state index contributed by atoms with van der Waals surface area (Å²) >= 11 is 3.34. The van der Waals surface area contributed by atoms with Gasteiger partial charge < -0.3 is 4.74 Å². The van der Waals surface area contributed by atoms with E-state index >= 15 is 0 Å². The topological polar surface area (TPSA) is 68.1 Å². The van der Waals surface area contributed by atoms with Gasteiger partial charge in [-0.25, -0.2) is 4.79 Å². The van der Waals surface area contributed by atoms with Gasteiger partial charge in [0.05, 0.1) is 19.7 Å². The van der Waals surface area contributed by atoms with E-state index in [1.165, 1.54) is 13.3 Å². The molecule has 0 N–H and O–H groups in total. The Kier molecular flexibility index (Phi) is 6.61. The Morgan fingerprint density at radius 2 is 1.82 bits per heavy atom. The molecule has 1 aromatic rings. The van der Waals surface area contributed by atoms with Gasteiger partial charge in [0, 0.05) is 9.89 Å². The van der Waals surface area contributed by atoms with Crippen LogP contribution in [0.3, 0.4) is 0 Å². The highest BCUT2D eigenvalue weighted by Gasteiger charge is 2.25. The van der Waals surface area contributed by atoms with Gasteiger partial charge in [0.2, 0.25) is 0 Å². The van der Waals surface area contributed by atoms with Crippen molar-refractivity contribution in [1.82, 2.24) is 0 Å². The van der Waals surface area contributed by atoms with Gasteiger partial charge in [-0.1, -0.05) is 48.8 Å². The fourth-order valence-electron chi connectivity index (χ4n) is 1.40. The molecular formula is C16H19BrN2O3. The Labute approximate surface area is 138 Å². The van der Waals surface area contributed by atoms with Crippen molar-refractivity contribution >= 4 is 39.6 Å². The van der Waals surface area contributed by atoms with Crippen LogP contribution in [-0.4, -0.2) is 30.8 Å². The number of carbonyl (C=O) groups is 2. The van der Waals surface area contributed by atoms with Gasteiger partial charge in [0.15, 0.2) is 5.71 Å². The summed E-state index contributed by atoms with van der Waals surface area (Å²) in [5.74, 6) is -0.749. The minimum absolute atomic E-state index is 0.00390. The molecule has 0 bridgehead atoms. The smallest absolute Gasteiger partial charge is 0.354 e. The lowest BCUT2D eigenvalue weighted by molar-refractivity contribution is -0.134. The molecule has 5 nitrogen and oxygen atoms in total. The lowest BCUT2D eigenvalue weighted by atomic mass is 9.88. The number of hydrogen-bond acceptors (Lipinski definition) is 5. The van der Waals surface area contributed by atoms with Crippen molar-refractivity contribution in [2.45, 2.75) is 27.2 Å². The van der Waals surface area contributed by atoms with Crippen LogP contribution in [0.1, 0.15) is 32.8 Å². The zero-order valence-corrected chi connectivity index (χ0v) is 14.7. The average Bonchev–Trinajstić information content (AvgIpc) is 2.46. The first-order chi connectivity index (χ1) is 10.2. The first-order valence-electron chi connectivity index (χ1n) is 6.71. The van der Waals surface area contributed by atoms with Crippen molar-refractivity contribution in [2.24, 2.45) is 15.6 Å². The van der Waals surface area contributed by atoms with Crippen LogP contribution in [0.2, 0.25) is 0 Å². The van der Waals surface area contributed by atoms with E-state index in [1.54, 1.807) is 20.8 Å². The molecule has 0 aliphatic carbocycles. The summed E-state index contributed by atoms with van der Waals surface area (Å²) in [7, 11) is 1.25. The van der Waals surface area contributed by atoms with Crippen LogP contribution in [-0.2, 0) is 14.3 Å². The third-order valence-corrected chi connectivity index (χ3v) is 3.37. The van der Waals surface area contributed by atoms with Crippen molar-refractivity contribution in [3.8, 4) is 0 Å². The van der Waals surface area contributed by atoms with E-state index in [0.717, 1.165) is 10.0 Å². The minimum atomic E-state index is -0.648. The number of ether oxygens (including phenoxy) is 1. The Morgan fingerprint density at radius 3 is 2.32 bits per heavy atom. The molecule has 0 spiro atoms. The second-order valence-corrected chi connectivity index (χ2v) is 6.60. The summed E-state index contributed by atoms with van der Waals surface area (Å²) in [4.78, 5) is 23.7. The molecule has 0 aromatic heterocycles. The van der Waals surface area contributed by atoms with Crippen LogP contribution < -0.4 is 0 Å². The monoisotopic (exact) mass is 366 g/mol. The molecule has 118 valence electrons. The van der Waals surface area contributed by atoms with Crippen molar-refractivity contribution in [3.05, 3.63) is 34.3 Å². The SMILES string of the molecule is COC(=O)C(CC(=O)C(C)(C)C)=NN=Cc1ccc(Br)cc1. The Balaban J connectivity index is 2.90. The van der Waals surface area contributed by atoms with Gasteiger partial charge in [-0.15, -0.1) is 5.10 Å². The number of Topliss-reactive ketones (excluding diaryl/α,β-unsaturated/α-hetero) is 1. The number of ketones is 1. The Morgan fingerprint density at radius 1 is 1.23 bits per heavy atom. The molecular weight excluding hydrogens is 348 g/mol. The van der Waals surface area contributed by atoms with Gasteiger partial charge >= 0.3 is 5.97 Å². The summed E-state index contributed by atoms with van der Waals surface area (Å²) in [6, 6.07) is 7.44. The Hall–Kier alpha value is -1.82. The minimum Gasteiger partial charge on any atom is -0.464 e. The second kappa shape index (κ2) is 7.98. The van der Waals surface area contributed by atoms with Crippen LogP contribution in [0.4, 0.5) is 0 Å². The van der Waals surface area contributed by atoms with Gasteiger partial charge in [0.25, 0.3) is 0 Å². The van der Waals surface area contributed by atoms with Crippen molar-refractivity contribution in [2.75, 3.05) is 7.11 Å². The van der Waals surface area contributed by atoms with E-state index in [2.05, 4.69) is 30.9 Å². The van der Waals surface area contributed by atoms with Crippen LogP contribution in [0.15, 0.2) is 38.9 Å². The number of methoxy groups -OCH3 is 1. The third kappa shape index (κ3) is 5.89. The number of rotatable bonds is 5. The summed E-state index contributed by atoms with van der Waals surface area (Å²) in [5.41, 5.74) is 0.276. The zero-order valence-electron chi connectivity index (χ0n) is 13.1. The summed E-state index contributed by atoms with van der Waals surface area (Å²) in [5, 5.41) is 7.72. The van der Waals surface area contributed by atoms with Crippen LogP contribution in [0.25, 0.3) is 0 Å². The number of halogens is 1. The maximum Gasteiger partial charge on any atom is 0.354 e. The van der Waals surface area contributed by atoms with Gasteiger partial charge in [-0.05, 0) is 17.7 Å². The standard InChI is InChI=1S/C16H19BrN2O3/c1-16(2,3)14(20)9-13(15(21)22-4)19-18-10-11-5-7-12(17)8-6-11/h5-8,10H,9H2,1-4H3. The molecule has 0 radical (unpaired) electrons. The highest BCUT2D eigenvalue weighted by Crippen LogP contribution is 2.17. The highest BCUT2D eigenvalue weighted by molar-refractivity contribution is 9.10. The Bertz CT molecular complexity index is 599. The number of benzene rings is 1. The molecule has 6 heteroatoms. The molecule has 0 aliphatic rings. The quantitative estimate of drug-likeness (QED) is 0.455. The van der Waals surface area contributed by atoms with E-state index in [4.69, 9.17) is 0 Å². The van der Waals surface area contributed by atoms with Gasteiger partial charge in [0.1, 0.15) is 5.78 Å². The summed E-state index contributed by atoms with van der Waals surface area (Å²) < 4.78 is 5.60. The predicted octanol–water partition coefficient (Wildman–Crippen LogP) is 3.40. The van der Waals surface area contributed by atoms with Crippen LogP contribution >= 0.6 is 15.9 Å². The molecule has 0 amide bonds. The van der Waals surface area contributed by atoms with E-state index in [1.807, 2.05) is 24.3 Å². The molecule has 0 heterocycles. The molecule has 22 heavy (non-hydrogen) atoms. The fraction of sp³-hybridized carbons (Fsp3) is 0.375. The molecule has 0 unspecified atom stereocenters. The number of carbonyl (C=O) groups excluding carboxylic acids is 2. The molecule has 1 aromatic carbocycles. The molecule has 0 atom stereocenters. The fourth-order valence-corrected chi connectivity index (χ4v) is 1.66. The van der Waals surface area contributed by atoms with Crippen molar-refractivity contribution in [3.63, 3.8) is 0 Å². The highest BCUT2D eigenvalue weighted by atomic mass is 79.9. The number of esters is 1. The summed E-state index contributed by atoms with van der Waals surface area (Å²) in [6.07, 6.45) is 1.41. The molecule has 1 rings (SSSR count). The third-order valence-electron chi connectivity index (χ3n) is 2.84. The predicted molar refractivity (Wildman–Crippen MR) is 90.3 cm³/mol.